The maximum absolute atomic E-state index is 12.4. The summed E-state index contributed by atoms with van der Waals surface area (Å²) < 4.78 is 9.77. The molecule has 1 N–H and O–H groups in total. The molecule has 3 aromatic rings. The van der Waals surface area contributed by atoms with Crippen LogP contribution in [0.1, 0.15) is 31.2 Å². The van der Waals surface area contributed by atoms with Gasteiger partial charge < -0.3 is 19.7 Å². The summed E-state index contributed by atoms with van der Waals surface area (Å²) >= 11 is 6.83. The highest BCUT2D eigenvalue weighted by molar-refractivity contribution is 7.80. The highest BCUT2D eigenvalue weighted by atomic mass is 32.1. The van der Waals surface area contributed by atoms with Gasteiger partial charge in [-0.05, 0) is 42.4 Å². The first-order valence-corrected chi connectivity index (χ1v) is 10.7. The van der Waals surface area contributed by atoms with E-state index in [9.17, 15) is 9.59 Å². The molecule has 0 aliphatic rings. The van der Waals surface area contributed by atoms with Crippen LogP contribution in [0.3, 0.4) is 0 Å². The maximum atomic E-state index is 12.4. The number of methoxy groups -OCH3 is 2. The van der Waals surface area contributed by atoms with Gasteiger partial charge in [0.1, 0.15) is 9.88 Å². The molecule has 160 valence electrons. The van der Waals surface area contributed by atoms with E-state index in [2.05, 4.69) is 5.32 Å². The number of ether oxygens (including phenoxy) is 2. The molecule has 0 radical (unpaired) electrons. The summed E-state index contributed by atoms with van der Waals surface area (Å²) in [7, 11) is 2.60. The Bertz CT molecular complexity index is 1080. The van der Waals surface area contributed by atoms with Crippen LogP contribution < -0.4 is 10.2 Å². The Balaban J connectivity index is 1.98. The van der Waals surface area contributed by atoms with Gasteiger partial charge in [0.2, 0.25) is 0 Å². The molecule has 2 aromatic carbocycles. The van der Waals surface area contributed by atoms with E-state index in [1.807, 2.05) is 65.6 Å². The third kappa shape index (κ3) is 5.10. The van der Waals surface area contributed by atoms with Gasteiger partial charge in [-0.3, -0.25) is 0 Å². The Morgan fingerprint density at radius 3 is 2.13 bits per heavy atom. The van der Waals surface area contributed by atoms with Crippen LogP contribution in [0.2, 0.25) is 0 Å². The number of hydrogen-bond donors (Lipinski definition) is 1. The second-order valence-corrected chi connectivity index (χ2v) is 7.99. The number of hydrogen-bond acceptors (Lipinski definition) is 6. The molecule has 0 spiro atoms. The zero-order chi connectivity index (χ0) is 22.4. The van der Waals surface area contributed by atoms with Crippen LogP contribution in [0.15, 0.2) is 60.7 Å². The van der Waals surface area contributed by atoms with Gasteiger partial charge in [0.25, 0.3) is 0 Å². The third-order valence-corrected chi connectivity index (χ3v) is 6.13. The van der Waals surface area contributed by atoms with E-state index in [-0.39, 0.29) is 5.56 Å². The quantitative estimate of drug-likeness (QED) is 0.414. The van der Waals surface area contributed by atoms with Crippen LogP contribution in [0, 0.1) is 6.92 Å². The molecule has 8 heteroatoms. The average molecular weight is 455 g/mol. The van der Waals surface area contributed by atoms with Gasteiger partial charge in [0.05, 0.1) is 26.3 Å². The average Bonchev–Trinajstić information content (AvgIpc) is 3.13. The summed E-state index contributed by atoms with van der Waals surface area (Å²) in [5.74, 6) is -1.07. The lowest BCUT2D eigenvalue weighted by molar-refractivity contribution is 0.0601. The highest BCUT2D eigenvalue weighted by Crippen LogP contribution is 2.34. The molecule has 0 bridgehead atoms. The monoisotopic (exact) mass is 454 g/mol. The first-order valence-electron chi connectivity index (χ1n) is 9.43. The van der Waals surface area contributed by atoms with Crippen molar-refractivity contribution in [1.29, 1.82) is 0 Å². The number of nitrogens with zero attached hydrogens (tertiary/aromatic N) is 1. The lowest BCUT2D eigenvalue weighted by atomic mass is 10.1. The Labute approximate surface area is 190 Å². The van der Waals surface area contributed by atoms with E-state index < -0.39 is 11.9 Å². The summed E-state index contributed by atoms with van der Waals surface area (Å²) in [6.45, 7) is 2.21. The van der Waals surface area contributed by atoms with Gasteiger partial charge in [0, 0.05) is 5.69 Å². The molecule has 0 unspecified atom stereocenters. The zero-order valence-electron chi connectivity index (χ0n) is 17.4. The Hall–Kier alpha value is -3.23. The lowest BCUT2D eigenvalue weighted by Crippen LogP contribution is -2.34. The normalized spacial score (nSPS) is 10.3. The van der Waals surface area contributed by atoms with Crippen molar-refractivity contribution in [3.05, 3.63) is 82.2 Å². The summed E-state index contributed by atoms with van der Waals surface area (Å²) in [5.41, 5.74) is 2.72. The molecular formula is C23H22N2O4S2. The zero-order valence-corrected chi connectivity index (χ0v) is 19.0. The minimum absolute atomic E-state index is 0.267. The summed E-state index contributed by atoms with van der Waals surface area (Å²) in [5, 5.41) is 3.97. The van der Waals surface area contributed by atoms with Crippen molar-refractivity contribution in [1.82, 2.24) is 0 Å². The molecule has 6 nitrogen and oxygen atoms in total. The van der Waals surface area contributed by atoms with E-state index in [0.717, 1.165) is 22.6 Å². The van der Waals surface area contributed by atoms with Crippen molar-refractivity contribution in [3.63, 3.8) is 0 Å². The molecule has 3 rings (SSSR count). The molecule has 0 saturated heterocycles. The Morgan fingerprint density at radius 2 is 1.55 bits per heavy atom. The Kier molecular flexibility index (Phi) is 7.38. The Morgan fingerprint density at radius 1 is 0.968 bits per heavy atom. The lowest BCUT2D eigenvalue weighted by Gasteiger charge is -2.26. The van der Waals surface area contributed by atoms with E-state index in [1.165, 1.54) is 14.2 Å². The van der Waals surface area contributed by atoms with Gasteiger partial charge in [-0.2, -0.15) is 0 Å². The van der Waals surface area contributed by atoms with Crippen molar-refractivity contribution in [3.8, 4) is 0 Å². The number of nitrogens with one attached hydrogen (secondary N) is 1. The molecule has 0 saturated carbocycles. The minimum atomic E-state index is -0.552. The fourth-order valence-corrected chi connectivity index (χ4v) is 4.50. The number of para-hydroxylation sites is 1. The van der Waals surface area contributed by atoms with E-state index in [1.54, 1.807) is 6.92 Å². The first-order chi connectivity index (χ1) is 15.0. The van der Waals surface area contributed by atoms with Crippen molar-refractivity contribution in [2.75, 3.05) is 24.4 Å². The van der Waals surface area contributed by atoms with Crippen LogP contribution in [0.4, 0.5) is 10.7 Å². The second kappa shape index (κ2) is 10.2. The third-order valence-electron chi connectivity index (χ3n) is 4.62. The summed E-state index contributed by atoms with van der Waals surface area (Å²) in [6.07, 6.45) is 0. The topological polar surface area (TPSA) is 67.9 Å². The maximum Gasteiger partial charge on any atom is 0.348 e. The predicted octanol–water partition coefficient (Wildman–Crippen LogP) is 5.03. The van der Waals surface area contributed by atoms with Crippen molar-refractivity contribution >= 4 is 51.3 Å². The molecule has 1 aromatic heterocycles. The fraction of sp³-hybridized carbons (Fsp3) is 0.174. The smallest absolute Gasteiger partial charge is 0.348 e. The largest absolute Gasteiger partial charge is 0.465 e. The molecule has 0 aliphatic carbocycles. The van der Waals surface area contributed by atoms with Gasteiger partial charge >= 0.3 is 11.9 Å². The highest BCUT2D eigenvalue weighted by Gasteiger charge is 2.27. The van der Waals surface area contributed by atoms with Crippen molar-refractivity contribution < 1.29 is 19.1 Å². The first kappa shape index (κ1) is 22.5. The molecule has 1 heterocycles. The number of esters is 2. The van der Waals surface area contributed by atoms with Gasteiger partial charge in [-0.1, -0.05) is 48.5 Å². The number of rotatable bonds is 6. The minimum Gasteiger partial charge on any atom is -0.465 e. The standard InChI is InChI=1S/C23H22N2O4S2/c1-15-18(21(26)28-2)20(31-19(15)22(27)29-3)24-23(30)25(17-12-8-5-9-13-17)14-16-10-6-4-7-11-16/h4-13H,14H2,1-3H3,(H,24,30). The van der Waals surface area contributed by atoms with Crippen LogP contribution in [-0.2, 0) is 16.0 Å². The fourth-order valence-electron chi connectivity index (χ4n) is 3.06. The number of anilines is 2. The van der Waals surface area contributed by atoms with E-state index in [4.69, 9.17) is 21.7 Å². The molecule has 0 amide bonds. The molecular weight excluding hydrogens is 432 g/mol. The van der Waals surface area contributed by atoms with Crippen molar-refractivity contribution in [2.45, 2.75) is 13.5 Å². The van der Waals surface area contributed by atoms with Gasteiger partial charge in [-0.15, -0.1) is 11.3 Å². The number of benzene rings is 2. The number of carbonyl (C=O) groups excluding carboxylic acids is 2. The van der Waals surface area contributed by atoms with Crippen LogP contribution in [0.5, 0.6) is 0 Å². The van der Waals surface area contributed by atoms with E-state index >= 15 is 0 Å². The number of thiophene rings is 1. The molecule has 0 atom stereocenters. The predicted molar refractivity (Wildman–Crippen MR) is 127 cm³/mol. The molecule has 0 aliphatic heterocycles. The van der Waals surface area contributed by atoms with Gasteiger partial charge in [0.15, 0.2) is 5.11 Å². The molecule has 31 heavy (non-hydrogen) atoms. The number of thiocarbonyl (C=S) groups is 1. The summed E-state index contributed by atoms with van der Waals surface area (Å²) in [6, 6.07) is 19.6. The molecule has 0 fully saturated rings. The van der Waals surface area contributed by atoms with E-state index in [0.29, 0.717) is 27.1 Å². The summed E-state index contributed by atoms with van der Waals surface area (Å²) in [4.78, 5) is 26.8. The van der Waals surface area contributed by atoms with Crippen LogP contribution >= 0.6 is 23.6 Å². The SMILES string of the molecule is COC(=O)c1sc(NC(=S)N(Cc2ccccc2)c2ccccc2)c(C(=O)OC)c1C. The van der Waals surface area contributed by atoms with Crippen LogP contribution in [-0.4, -0.2) is 31.3 Å². The second-order valence-electron chi connectivity index (χ2n) is 6.58. The van der Waals surface area contributed by atoms with Gasteiger partial charge in [-0.25, -0.2) is 9.59 Å². The van der Waals surface area contributed by atoms with Crippen molar-refractivity contribution in [2.24, 2.45) is 0 Å². The van der Waals surface area contributed by atoms with Crippen LogP contribution in [0.25, 0.3) is 0 Å². The number of carbonyl (C=O) groups is 2.